The number of hydrogen-bond acceptors (Lipinski definition) is 0. The highest BCUT2D eigenvalue weighted by Gasteiger charge is 2.07. The molecule has 2 aromatic rings. The molecule has 0 saturated heterocycles. The van der Waals surface area contributed by atoms with E-state index in [1.54, 1.807) is 0 Å². The van der Waals surface area contributed by atoms with Gasteiger partial charge in [0.15, 0.2) is 6.20 Å². The van der Waals surface area contributed by atoms with Gasteiger partial charge in [0.1, 0.15) is 7.05 Å². The highest BCUT2D eigenvalue weighted by atomic mass is 127. The van der Waals surface area contributed by atoms with Crippen LogP contribution in [0.25, 0.3) is 10.9 Å². The molecule has 0 unspecified atom stereocenters. The summed E-state index contributed by atoms with van der Waals surface area (Å²) < 4.78 is 3.32. The van der Waals surface area contributed by atoms with Crippen LogP contribution in [0, 0.1) is 3.57 Å². The van der Waals surface area contributed by atoms with E-state index in [9.17, 15) is 0 Å². The minimum Gasteiger partial charge on any atom is -1.00 e. The Labute approximate surface area is 119 Å². The van der Waals surface area contributed by atoms with Crippen LogP contribution in [0.5, 0.6) is 0 Å². The lowest BCUT2D eigenvalue weighted by Crippen LogP contribution is -3.00. The molecule has 0 aliphatic heterocycles. The molecule has 0 saturated carbocycles. The van der Waals surface area contributed by atoms with E-state index in [4.69, 9.17) is 11.6 Å². The maximum Gasteiger partial charge on any atom is 0.214 e. The number of rotatable bonds is 0. The summed E-state index contributed by atoms with van der Waals surface area (Å²) in [7, 11) is 2.02. The van der Waals surface area contributed by atoms with E-state index in [1.165, 1.54) is 14.5 Å². The van der Waals surface area contributed by atoms with Crippen molar-refractivity contribution in [2.45, 2.75) is 0 Å². The van der Waals surface area contributed by atoms with Gasteiger partial charge in [0.2, 0.25) is 5.52 Å². The molecule has 1 aromatic carbocycles. The highest BCUT2D eigenvalue weighted by Crippen LogP contribution is 2.20. The molecule has 0 fully saturated rings. The van der Waals surface area contributed by atoms with E-state index in [0.717, 1.165) is 5.02 Å². The highest BCUT2D eigenvalue weighted by molar-refractivity contribution is 14.1. The summed E-state index contributed by atoms with van der Waals surface area (Å²) in [6, 6.07) is 8.06. The molecule has 0 bridgehead atoms. The van der Waals surface area contributed by atoms with Gasteiger partial charge in [-0.25, -0.2) is 4.57 Å². The number of hydrogen-bond donors (Lipinski definition) is 0. The van der Waals surface area contributed by atoms with Gasteiger partial charge in [-0.15, -0.1) is 0 Å². The van der Waals surface area contributed by atoms with Crippen molar-refractivity contribution in [1.82, 2.24) is 0 Å². The Balaban J connectivity index is 0.000000980. The molecule has 0 spiro atoms. The molecule has 0 aliphatic carbocycles. The third-order valence-electron chi connectivity index (χ3n) is 2.04. The summed E-state index contributed by atoms with van der Waals surface area (Å²) in [5.41, 5.74) is 1.17. The molecular formula is C10H8ClI2N. The van der Waals surface area contributed by atoms with Gasteiger partial charge >= 0.3 is 0 Å². The third kappa shape index (κ3) is 2.30. The first-order valence-electron chi connectivity index (χ1n) is 3.92. The smallest absolute Gasteiger partial charge is 0.214 e. The molecule has 0 amide bonds. The largest absolute Gasteiger partial charge is 1.00 e. The van der Waals surface area contributed by atoms with Crippen molar-refractivity contribution in [3.05, 3.63) is 39.1 Å². The zero-order chi connectivity index (χ0) is 9.42. The first-order chi connectivity index (χ1) is 6.18. The van der Waals surface area contributed by atoms with Crippen molar-refractivity contribution in [2.24, 2.45) is 7.05 Å². The van der Waals surface area contributed by atoms with E-state index >= 15 is 0 Å². The van der Waals surface area contributed by atoms with Crippen LogP contribution in [0.3, 0.4) is 0 Å². The van der Waals surface area contributed by atoms with Gasteiger partial charge in [-0.3, -0.25) is 0 Å². The molecule has 74 valence electrons. The Morgan fingerprint density at radius 1 is 1.29 bits per heavy atom. The third-order valence-corrected chi connectivity index (χ3v) is 3.22. The normalized spacial score (nSPS) is 9.93. The monoisotopic (exact) mass is 431 g/mol. The average Bonchev–Trinajstić information content (AvgIpc) is 2.12. The minimum atomic E-state index is 0. The van der Waals surface area contributed by atoms with Crippen molar-refractivity contribution < 1.29 is 28.5 Å². The SMILES string of the molecule is C[n+]1ccc(I)c2ccc(Cl)cc21.[I-]. The van der Waals surface area contributed by atoms with Crippen LogP contribution in [-0.4, -0.2) is 0 Å². The van der Waals surface area contributed by atoms with E-state index in [1.807, 2.05) is 25.4 Å². The first-order valence-corrected chi connectivity index (χ1v) is 5.37. The molecule has 1 nitrogen and oxygen atoms in total. The van der Waals surface area contributed by atoms with Gasteiger partial charge in [0, 0.05) is 20.7 Å². The summed E-state index contributed by atoms with van der Waals surface area (Å²) >= 11 is 8.26. The second-order valence-electron chi connectivity index (χ2n) is 2.94. The summed E-state index contributed by atoms with van der Waals surface area (Å²) in [4.78, 5) is 0. The fourth-order valence-electron chi connectivity index (χ4n) is 1.35. The molecule has 0 aliphatic rings. The first kappa shape index (κ1) is 12.4. The lowest BCUT2D eigenvalue weighted by molar-refractivity contribution is -0.645. The number of nitrogens with zero attached hydrogens (tertiary/aromatic N) is 1. The molecule has 14 heavy (non-hydrogen) atoms. The Morgan fingerprint density at radius 3 is 2.71 bits per heavy atom. The van der Waals surface area contributed by atoms with E-state index in [0.29, 0.717) is 0 Å². The molecule has 2 rings (SSSR count). The average molecular weight is 431 g/mol. The van der Waals surface area contributed by atoms with Crippen LogP contribution in [-0.2, 0) is 7.05 Å². The fraction of sp³-hybridized carbons (Fsp3) is 0.100. The van der Waals surface area contributed by atoms with Gasteiger partial charge in [0.25, 0.3) is 0 Å². The second-order valence-corrected chi connectivity index (χ2v) is 4.53. The predicted octanol–water partition coefficient (Wildman–Crippen LogP) is -0.0737. The maximum absolute atomic E-state index is 5.93. The Hall–Kier alpha value is 0.380. The summed E-state index contributed by atoms with van der Waals surface area (Å²) in [6.07, 6.45) is 2.04. The van der Waals surface area contributed by atoms with Crippen molar-refractivity contribution in [3.8, 4) is 0 Å². The Kier molecular flexibility index (Phi) is 4.39. The fourth-order valence-corrected chi connectivity index (χ4v) is 2.13. The molecule has 4 heteroatoms. The van der Waals surface area contributed by atoms with Crippen LogP contribution in [0.1, 0.15) is 0 Å². The molecule has 0 N–H and O–H groups in total. The van der Waals surface area contributed by atoms with Crippen molar-refractivity contribution >= 4 is 45.1 Å². The molecule has 0 radical (unpaired) electrons. The molecular weight excluding hydrogens is 423 g/mol. The zero-order valence-electron chi connectivity index (χ0n) is 7.47. The van der Waals surface area contributed by atoms with Crippen molar-refractivity contribution in [1.29, 1.82) is 0 Å². The van der Waals surface area contributed by atoms with Crippen molar-refractivity contribution in [2.75, 3.05) is 0 Å². The van der Waals surface area contributed by atoms with Crippen LogP contribution in [0.2, 0.25) is 5.02 Å². The minimum absolute atomic E-state index is 0. The topological polar surface area (TPSA) is 3.88 Å². The van der Waals surface area contributed by atoms with E-state index in [-0.39, 0.29) is 24.0 Å². The van der Waals surface area contributed by atoms with Crippen molar-refractivity contribution in [3.63, 3.8) is 0 Å². The van der Waals surface area contributed by atoms with E-state index in [2.05, 4.69) is 39.3 Å². The summed E-state index contributed by atoms with van der Waals surface area (Å²) in [5, 5.41) is 2.03. The summed E-state index contributed by atoms with van der Waals surface area (Å²) in [5.74, 6) is 0. The number of fused-ring (bicyclic) bond motifs is 1. The van der Waals surface area contributed by atoms with Crippen LogP contribution < -0.4 is 28.5 Å². The summed E-state index contributed by atoms with van der Waals surface area (Å²) in [6.45, 7) is 0. The Morgan fingerprint density at radius 2 is 2.00 bits per heavy atom. The molecule has 1 heterocycles. The van der Waals surface area contributed by atoms with Crippen LogP contribution in [0.4, 0.5) is 0 Å². The number of benzene rings is 1. The van der Waals surface area contributed by atoms with Gasteiger partial charge in [0.05, 0.1) is 5.39 Å². The number of pyridine rings is 1. The van der Waals surface area contributed by atoms with E-state index < -0.39 is 0 Å². The van der Waals surface area contributed by atoms with Gasteiger partial charge in [-0.1, -0.05) is 11.6 Å². The maximum atomic E-state index is 5.93. The van der Waals surface area contributed by atoms with Crippen LogP contribution >= 0.6 is 34.2 Å². The quantitative estimate of drug-likeness (QED) is 0.406. The lowest BCUT2D eigenvalue weighted by atomic mass is 10.2. The zero-order valence-corrected chi connectivity index (χ0v) is 12.5. The number of aryl methyl sites for hydroxylation is 1. The Bertz CT molecular complexity index is 471. The van der Waals surface area contributed by atoms with Gasteiger partial charge in [-0.05, 0) is 34.7 Å². The lowest BCUT2D eigenvalue weighted by Gasteiger charge is -1.98. The predicted molar refractivity (Wildman–Crippen MR) is 62.9 cm³/mol. The molecule has 1 aromatic heterocycles. The molecule has 0 atom stereocenters. The van der Waals surface area contributed by atoms with Gasteiger partial charge < -0.3 is 24.0 Å². The number of aromatic nitrogens is 1. The number of halogens is 3. The standard InChI is InChI=1S/C10H8ClIN.HI/c1-13-5-4-9(12)8-3-2-7(11)6-10(8)13;/h2-6H,1H3;1H/q+1;/p-1. The van der Waals surface area contributed by atoms with Gasteiger partial charge in [-0.2, -0.15) is 0 Å². The second kappa shape index (κ2) is 4.94. The van der Waals surface area contributed by atoms with Crippen LogP contribution in [0.15, 0.2) is 30.5 Å².